The fourth-order valence-electron chi connectivity index (χ4n) is 9.87. The number of alkyl halides is 3. The quantitative estimate of drug-likeness (QED) is 0.415. The van der Waals surface area contributed by atoms with Gasteiger partial charge in [0, 0.05) is 19.1 Å². The van der Waals surface area contributed by atoms with Crippen LogP contribution >= 0.6 is 0 Å². The van der Waals surface area contributed by atoms with Crippen LogP contribution in [-0.2, 0) is 16.1 Å². The van der Waals surface area contributed by atoms with E-state index in [4.69, 9.17) is 9.47 Å². The molecule has 8 atom stereocenters. The van der Waals surface area contributed by atoms with E-state index in [1.165, 1.54) is 0 Å². The molecule has 1 heterocycles. The molecule has 0 N–H and O–H groups in total. The number of hydrogen-bond acceptors (Lipinski definition) is 5. The molecule has 0 saturated heterocycles. The Bertz CT molecular complexity index is 1230. The Labute approximate surface area is 228 Å². The fraction of sp³-hybridized carbons (Fsp3) is 0.767. The smallest absolute Gasteiger partial charge is 0.391 e. The zero-order valence-electron chi connectivity index (χ0n) is 23.2. The molecule has 9 heteroatoms. The number of carbonyl (C=O) groups is 1. The topological polar surface area (TPSA) is 66.2 Å². The summed E-state index contributed by atoms with van der Waals surface area (Å²) >= 11 is 0. The second kappa shape index (κ2) is 9.74. The number of rotatable bonds is 6. The predicted octanol–water partition coefficient (Wildman–Crippen LogP) is 6.47. The van der Waals surface area contributed by atoms with E-state index in [1.807, 2.05) is 18.2 Å². The monoisotopic (exact) mass is 547 g/mol. The van der Waals surface area contributed by atoms with Crippen molar-refractivity contribution in [1.29, 1.82) is 0 Å². The Hall–Kier alpha value is -2.16. The van der Waals surface area contributed by atoms with E-state index in [0.717, 1.165) is 49.6 Å². The number of hydrogen-bond donors (Lipinski definition) is 0. The number of ketones is 1. The summed E-state index contributed by atoms with van der Waals surface area (Å²) in [7, 11) is 3.31. The van der Waals surface area contributed by atoms with Crippen molar-refractivity contribution in [3.05, 3.63) is 18.2 Å². The number of halogens is 3. The van der Waals surface area contributed by atoms with E-state index in [0.29, 0.717) is 36.5 Å². The van der Waals surface area contributed by atoms with Gasteiger partial charge in [-0.25, -0.2) is 4.68 Å². The van der Waals surface area contributed by atoms with Gasteiger partial charge in [-0.05, 0) is 104 Å². The van der Waals surface area contributed by atoms with Gasteiger partial charge in [0.1, 0.15) is 17.8 Å². The molecule has 1 aromatic carbocycles. The number of benzene rings is 1. The molecule has 0 radical (unpaired) electrons. The number of fused-ring (bicyclic) bond motifs is 6. The number of methoxy groups -OCH3 is 2. The van der Waals surface area contributed by atoms with Gasteiger partial charge < -0.3 is 9.47 Å². The standard InChI is InChI=1S/C30H40F3N3O3/c1-28-12-11-23-21(6-4-18-14-19(30(31,32)33)10-13-29(18,23)17-38-2)22(28)7-8-24(28)27(37)16-36-26-15-20(39-3)5-9-25(26)34-35-36/h5,9,15,18-19,21-24H,4,6-8,10-14,16-17H2,1-3H3/t18?,19-,21?,22?,23?,24+,28?,29?/m0/s1. The maximum absolute atomic E-state index is 13.8. The maximum atomic E-state index is 13.8. The molecular formula is C30H40F3N3O3. The summed E-state index contributed by atoms with van der Waals surface area (Å²) in [6.45, 7) is 3.05. The van der Waals surface area contributed by atoms with Gasteiger partial charge >= 0.3 is 6.18 Å². The lowest BCUT2D eigenvalue weighted by molar-refractivity contribution is -0.217. The van der Waals surface area contributed by atoms with E-state index >= 15 is 0 Å². The minimum atomic E-state index is -4.11. The lowest BCUT2D eigenvalue weighted by Gasteiger charge is -2.62. The molecule has 0 spiro atoms. The first-order valence-electron chi connectivity index (χ1n) is 14.6. The van der Waals surface area contributed by atoms with Crippen LogP contribution in [0.2, 0.25) is 0 Å². The molecule has 4 aliphatic rings. The van der Waals surface area contributed by atoms with E-state index in [2.05, 4.69) is 17.2 Å². The zero-order chi connectivity index (χ0) is 27.6. The van der Waals surface area contributed by atoms with Crippen LogP contribution in [0, 0.1) is 46.3 Å². The summed E-state index contributed by atoms with van der Waals surface area (Å²) in [5.41, 5.74) is 1.28. The summed E-state index contributed by atoms with van der Waals surface area (Å²) in [4.78, 5) is 13.8. The third-order valence-corrected chi connectivity index (χ3v) is 11.7. The first kappa shape index (κ1) is 27.0. The Morgan fingerprint density at radius 2 is 1.90 bits per heavy atom. The number of aromatic nitrogens is 3. The van der Waals surface area contributed by atoms with Gasteiger partial charge in [0.15, 0.2) is 5.78 Å². The number of ether oxygens (including phenoxy) is 2. The van der Waals surface area contributed by atoms with E-state index in [-0.39, 0.29) is 47.8 Å². The van der Waals surface area contributed by atoms with Crippen LogP contribution in [0.3, 0.4) is 0 Å². The van der Waals surface area contributed by atoms with Crippen molar-refractivity contribution in [2.24, 2.45) is 46.3 Å². The molecule has 0 bridgehead atoms. The molecule has 6 nitrogen and oxygen atoms in total. The Kier molecular flexibility index (Phi) is 6.75. The first-order valence-corrected chi connectivity index (χ1v) is 14.6. The van der Waals surface area contributed by atoms with Gasteiger partial charge in [0.05, 0.1) is 25.2 Å². The lowest BCUT2D eigenvalue weighted by Crippen LogP contribution is -2.57. The first-order chi connectivity index (χ1) is 18.6. The minimum Gasteiger partial charge on any atom is -0.497 e. The predicted molar refractivity (Wildman–Crippen MR) is 140 cm³/mol. The molecule has 214 valence electrons. The van der Waals surface area contributed by atoms with Gasteiger partial charge in [0.25, 0.3) is 0 Å². The third-order valence-electron chi connectivity index (χ3n) is 11.7. The zero-order valence-corrected chi connectivity index (χ0v) is 23.2. The average molecular weight is 548 g/mol. The lowest BCUT2D eigenvalue weighted by atomic mass is 9.43. The molecule has 4 saturated carbocycles. The highest BCUT2D eigenvalue weighted by atomic mass is 19.4. The van der Waals surface area contributed by atoms with Crippen molar-refractivity contribution in [3.8, 4) is 5.75 Å². The average Bonchev–Trinajstić information content (AvgIpc) is 3.47. The highest BCUT2D eigenvalue weighted by Gasteiger charge is 2.63. The van der Waals surface area contributed by atoms with Crippen LogP contribution in [0.5, 0.6) is 5.75 Å². The molecule has 1 aromatic heterocycles. The summed E-state index contributed by atoms with van der Waals surface area (Å²) < 4.78 is 53.8. The van der Waals surface area contributed by atoms with Crippen LogP contribution < -0.4 is 4.74 Å². The third kappa shape index (κ3) is 4.29. The summed E-state index contributed by atoms with van der Waals surface area (Å²) in [6.07, 6.45) is 2.57. The Balaban J connectivity index is 1.22. The van der Waals surface area contributed by atoms with Crippen molar-refractivity contribution in [3.63, 3.8) is 0 Å². The van der Waals surface area contributed by atoms with E-state index in [9.17, 15) is 18.0 Å². The second-order valence-electron chi connectivity index (χ2n) is 13.1. The summed E-state index contributed by atoms with van der Waals surface area (Å²) in [5, 5.41) is 8.50. The highest BCUT2D eigenvalue weighted by molar-refractivity contribution is 5.84. The SMILES string of the molecule is COCC12CC[C@H](C(F)(F)F)CC1CCC1C2CCC2(C)C1CC[C@@H]2C(=O)Cn1nnc2ccc(OC)cc21. The molecule has 4 fully saturated rings. The van der Waals surface area contributed by atoms with Crippen LogP contribution in [0.1, 0.15) is 64.7 Å². The van der Waals surface area contributed by atoms with Gasteiger partial charge in [-0.2, -0.15) is 13.2 Å². The van der Waals surface area contributed by atoms with Gasteiger partial charge in [0.2, 0.25) is 0 Å². The largest absolute Gasteiger partial charge is 0.497 e. The molecule has 39 heavy (non-hydrogen) atoms. The number of Topliss-reactive ketones (excluding diaryl/α,β-unsaturated/α-hetero) is 1. The van der Waals surface area contributed by atoms with E-state index in [1.54, 1.807) is 18.9 Å². The van der Waals surface area contributed by atoms with Gasteiger partial charge in [-0.3, -0.25) is 4.79 Å². The van der Waals surface area contributed by atoms with Crippen molar-refractivity contribution in [2.75, 3.05) is 20.8 Å². The Morgan fingerprint density at radius 3 is 2.64 bits per heavy atom. The molecule has 0 amide bonds. The van der Waals surface area contributed by atoms with Gasteiger partial charge in [-0.1, -0.05) is 12.1 Å². The maximum Gasteiger partial charge on any atom is 0.391 e. The molecule has 2 aromatic rings. The fourth-order valence-corrected chi connectivity index (χ4v) is 9.87. The van der Waals surface area contributed by atoms with E-state index < -0.39 is 12.1 Å². The molecule has 0 aliphatic heterocycles. The van der Waals surface area contributed by atoms with Crippen LogP contribution in [-0.4, -0.2) is 47.8 Å². The molecule has 6 unspecified atom stereocenters. The summed E-state index contributed by atoms with van der Waals surface area (Å²) in [5.74, 6) is 1.02. The molecular weight excluding hydrogens is 507 g/mol. The van der Waals surface area contributed by atoms with Crippen molar-refractivity contribution in [2.45, 2.75) is 77.4 Å². The minimum absolute atomic E-state index is 0.0367. The number of nitrogens with zero attached hydrogens (tertiary/aromatic N) is 3. The number of carbonyl (C=O) groups excluding carboxylic acids is 1. The normalized spacial score (nSPS) is 38.2. The van der Waals surface area contributed by atoms with Crippen molar-refractivity contribution >= 4 is 16.8 Å². The highest BCUT2D eigenvalue weighted by Crippen LogP contribution is 2.68. The van der Waals surface area contributed by atoms with Crippen molar-refractivity contribution < 1.29 is 27.4 Å². The van der Waals surface area contributed by atoms with Crippen LogP contribution in [0.25, 0.3) is 11.0 Å². The van der Waals surface area contributed by atoms with Crippen LogP contribution in [0.4, 0.5) is 13.2 Å². The van der Waals surface area contributed by atoms with Gasteiger partial charge in [-0.15, -0.1) is 5.10 Å². The second-order valence-corrected chi connectivity index (χ2v) is 13.1. The Morgan fingerprint density at radius 1 is 1.08 bits per heavy atom. The van der Waals surface area contributed by atoms with Crippen molar-refractivity contribution in [1.82, 2.24) is 15.0 Å². The molecule has 4 aliphatic carbocycles. The summed E-state index contributed by atoms with van der Waals surface area (Å²) in [6, 6.07) is 5.56. The van der Waals surface area contributed by atoms with Crippen LogP contribution in [0.15, 0.2) is 18.2 Å². The molecule has 6 rings (SSSR count).